The number of sulfonamides is 1. The molecule has 0 saturated carbocycles. The zero-order valence-corrected chi connectivity index (χ0v) is 18.3. The number of fused-ring (bicyclic) bond motifs is 1. The molecule has 0 aliphatic rings. The van der Waals surface area contributed by atoms with Crippen molar-refractivity contribution >= 4 is 32.5 Å². The van der Waals surface area contributed by atoms with Crippen LogP contribution in [-0.2, 0) is 16.6 Å². The van der Waals surface area contributed by atoms with Crippen LogP contribution in [0.15, 0.2) is 52.2 Å². The van der Waals surface area contributed by atoms with Gasteiger partial charge in [-0.3, -0.25) is 4.79 Å². The van der Waals surface area contributed by atoms with Crippen LogP contribution < -0.4 is 10.3 Å². The lowest BCUT2D eigenvalue weighted by Crippen LogP contribution is -2.35. The van der Waals surface area contributed by atoms with Crippen LogP contribution in [0.2, 0.25) is 5.02 Å². The van der Waals surface area contributed by atoms with Crippen LogP contribution in [0.1, 0.15) is 18.1 Å². The summed E-state index contributed by atoms with van der Waals surface area (Å²) in [6.45, 7) is 3.40. The molecule has 0 aliphatic carbocycles. The molecule has 1 aromatic heterocycles. The monoisotopic (exact) mass is 450 g/mol. The van der Waals surface area contributed by atoms with Crippen LogP contribution in [0.25, 0.3) is 10.9 Å². The van der Waals surface area contributed by atoms with E-state index in [9.17, 15) is 18.3 Å². The van der Waals surface area contributed by atoms with Crippen molar-refractivity contribution in [2.75, 3.05) is 19.8 Å². The first-order chi connectivity index (χ1) is 14.3. The smallest absolute Gasteiger partial charge is 0.252 e. The second kappa shape index (κ2) is 9.18. The lowest BCUT2D eigenvalue weighted by molar-refractivity contribution is 0.251. The van der Waals surface area contributed by atoms with Crippen molar-refractivity contribution in [3.63, 3.8) is 0 Å². The number of nitrogens with one attached hydrogen (secondary N) is 1. The van der Waals surface area contributed by atoms with Gasteiger partial charge < -0.3 is 14.8 Å². The molecule has 0 saturated heterocycles. The Morgan fingerprint density at radius 1 is 1.17 bits per heavy atom. The maximum Gasteiger partial charge on any atom is 0.252 e. The van der Waals surface area contributed by atoms with Crippen molar-refractivity contribution in [2.24, 2.45) is 0 Å². The summed E-state index contributed by atoms with van der Waals surface area (Å²) in [5.41, 5.74) is 1.23. The number of rotatable bonds is 8. The lowest BCUT2D eigenvalue weighted by Gasteiger charge is -2.21. The molecule has 0 unspecified atom stereocenters. The zero-order chi connectivity index (χ0) is 21.9. The van der Waals surface area contributed by atoms with Crippen LogP contribution in [0, 0.1) is 6.92 Å². The molecule has 3 rings (SSSR count). The summed E-state index contributed by atoms with van der Waals surface area (Å²) in [4.78, 5) is 15.3. The number of hydrogen-bond donors (Lipinski definition) is 2. The summed E-state index contributed by atoms with van der Waals surface area (Å²) in [5, 5.41) is 10.5. The topological polar surface area (TPSA) is 99.7 Å². The van der Waals surface area contributed by atoms with E-state index in [4.69, 9.17) is 16.3 Å². The highest BCUT2D eigenvalue weighted by Gasteiger charge is 2.26. The minimum atomic E-state index is -3.98. The van der Waals surface area contributed by atoms with Crippen LogP contribution in [-0.4, -0.2) is 42.6 Å². The van der Waals surface area contributed by atoms with Gasteiger partial charge in [0.05, 0.1) is 18.1 Å². The van der Waals surface area contributed by atoms with E-state index < -0.39 is 22.2 Å². The fraction of sp³-hybridized carbons (Fsp3) is 0.286. The Balaban J connectivity index is 2.01. The normalized spacial score (nSPS) is 11.9. The van der Waals surface area contributed by atoms with Gasteiger partial charge in [0.15, 0.2) is 0 Å². The van der Waals surface area contributed by atoms with Gasteiger partial charge >= 0.3 is 0 Å². The third-order valence-electron chi connectivity index (χ3n) is 4.68. The molecule has 30 heavy (non-hydrogen) atoms. The summed E-state index contributed by atoms with van der Waals surface area (Å²) in [5.74, 6) is 0.650. The molecule has 160 valence electrons. The van der Waals surface area contributed by atoms with Gasteiger partial charge in [0.2, 0.25) is 10.0 Å². The van der Waals surface area contributed by atoms with Crippen LogP contribution in [0.4, 0.5) is 0 Å². The van der Waals surface area contributed by atoms with E-state index in [1.54, 1.807) is 37.3 Å². The van der Waals surface area contributed by atoms with Crippen molar-refractivity contribution in [1.29, 1.82) is 0 Å². The van der Waals surface area contributed by atoms with Crippen molar-refractivity contribution in [1.82, 2.24) is 9.29 Å². The summed E-state index contributed by atoms with van der Waals surface area (Å²) in [7, 11) is -3.98. The quantitative estimate of drug-likeness (QED) is 0.549. The number of nitrogens with zero attached hydrogens (tertiary/aromatic N) is 1. The van der Waals surface area contributed by atoms with Gasteiger partial charge in [0.1, 0.15) is 5.75 Å². The number of aromatic nitrogens is 1. The van der Waals surface area contributed by atoms with Gasteiger partial charge in [0, 0.05) is 34.6 Å². The predicted molar refractivity (Wildman–Crippen MR) is 117 cm³/mol. The van der Waals surface area contributed by atoms with E-state index in [2.05, 4.69) is 4.98 Å². The second-order valence-corrected chi connectivity index (χ2v) is 9.12. The molecule has 3 aromatic rings. The number of halogens is 1. The summed E-state index contributed by atoms with van der Waals surface area (Å²) < 4.78 is 32.8. The number of benzene rings is 2. The third kappa shape index (κ3) is 4.67. The number of aliphatic hydroxyl groups is 1. The van der Waals surface area contributed by atoms with Gasteiger partial charge in [-0.05, 0) is 55.8 Å². The molecule has 0 radical (unpaired) electrons. The molecular weight excluding hydrogens is 428 g/mol. The minimum absolute atomic E-state index is 0.00222. The molecule has 7 nitrogen and oxygen atoms in total. The largest absolute Gasteiger partial charge is 0.494 e. The van der Waals surface area contributed by atoms with Crippen molar-refractivity contribution in [3.05, 3.63) is 69.0 Å². The number of H-pyrrole nitrogens is 1. The molecular formula is C21H23ClN2O5S. The Kier molecular flexibility index (Phi) is 6.82. The number of ether oxygens (including phenoxy) is 1. The predicted octanol–water partition coefficient (Wildman–Crippen LogP) is 3.07. The average molecular weight is 451 g/mol. The van der Waals surface area contributed by atoms with Crippen LogP contribution in [0.3, 0.4) is 0 Å². The first kappa shape index (κ1) is 22.3. The highest BCUT2D eigenvalue weighted by atomic mass is 35.5. The standard InChI is InChI=1S/C21H23ClN2O5S/c1-3-29-17-5-7-20-15(11-17)10-16(21(26)23-20)13-24(8-9-25)30(27,28)18-6-4-14(2)19(22)12-18/h4-7,10-12,25H,3,8-9,13H2,1-2H3,(H,23,26). The van der Waals surface area contributed by atoms with E-state index in [0.29, 0.717) is 22.9 Å². The summed E-state index contributed by atoms with van der Waals surface area (Å²) >= 11 is 6.09. The maximum absolute atomic E-state index is 13.1. The number of aryl methyl sites for hydroxylation is 1. The number of aromatic amines is 1. The summed E-state index contributed by atoms with van der Waals surface area (Å²) in [6.07, 6.45) is 0. The SMILES string of the molecule is CCOc1ccc2[nH]c(=O)c(CN(CCO)S(=O)(=O)c3ccc(C)c(Cl)c3)cc2c1. The van der Waals surface area contributed by atoms with Gasteiger partial charge in [-0.15, -0.1) is 0 Å². The Morgan fingerprint density at radius 2 is 1.93 bits per heavy atom. The fourth-order valence-corrected chi connectivity index (χ4v) is 4.75. The van der Waals surface area contributed by atoms with E-state index in [0.717, 1.165) is 15.3 Å². The fourth-order valence-electron chi connectivity index (χ4n) is 3.07. The highest BCUT2D eigenvalue weighted by molar-refractivity contribution is 7.89. The Morgan fingerprint density at radius 3 is 2.60 bits per heavy atom. The van der Waals surface area contributed by atoms with E-state index in [-0.39, 0.29) is 23.5 Å². The number of pyridine rings is 1. The molecule has 0 amide bonds. The second-order valence-electron chi connectivity index (χ2n) is 6.78. The Hall–Kier alpha value is -2.39. The molecule has 0 bridgehead atoms. The Bertz CT molecular complexity index is 1220. The van der Waals surface area contributed by atoms with Crippen molar-refractivity contribution in [2.45, 2.75) is 25.3 Å². The first-order valence-electron chi connectivity index (χ1n) is 9.42. The number of aliphatic hydroxyl groups excluding tert-OH is 1. The van der Waals surface area contributed by atoms with E-state index >= 15 is 0 Å². The van der Waals surface area contributed by atoms with Crippen molar-refractivity contribution in [3.8, 4) is 5.75 Å². The molecule has 0 spiro atoms. The highest BCUT2D eigenvalue weighted by Crippen LogP contribution is 2.24. The zero-order valence-electron chi connectivity index (χ0n) is 16.7. The van der Waals surface area contributed by atoms with E-state index in [1.807, 2.05) is 6.92 Å². The molecule has 0 aliphatic heterocycles. The van der Waals surface area contributed by atoms with Gasteiger partial charge in [-0.25, -0.2) is 8.42 Å². The molecule has 9 heteroatoms. The molecule has 1 heterocycles. The summed E-state index contributed by atoms with van der Waals surface area (Å²) in [6, 6.07) is 11.4. The average Bonchev–Trinajstić information content (AvgIpc) is 2.70. The molecule has 2 N–H and O–H groups in total. The molecule has 2 aromatic carbocycles. The van der Waals surface area contributed by atoms with Gasteiger partial charge in [-0.2, -0.15) is 4.31 Å². The van der Waals surface area contributed by atoms with Crippen molar-refractivity contribution < 1.29 is 18.3 Å². The third-order valence-corrected chi connectivity index (χ3v) is 6.93. The Labute approximate surface area is 179 Å². The van der Waals surface area contributed by atoms with Gasteiger partial charge in [0.25, 0.3) is 5.56 Å². The maximum atomic E-state index is 13.1. The minimum Gasteiger partial charge on any atom is -0.494 e. The van der Waals surface area contributed by atoms with Crippen LogP contribution >= 0.6 is 11.6 Å². The van der Waals surface area contributed by atoms with Gasteiger partial charge in [-0.1, -0.05) is 17.7 Å². The molecule has 0 fully saturated rings. The number of hydrogen-bond acceptors (Lipinski definition) is 5. The lowest BCUT2D eigenvalue weighted by atomic mass is 10.1. The van der Waals surface area contributed by atoms with E-state index in [1.165, 1.54) is 12.1 Å². The van der Waals surface area contributed by atoms with Crippen LogP contribution in [0.5, 0.6) is 5.75 Å². The molecule has 0 atom stereocenters. The first-order valence-corrected chi connectivity index (χ1v) is 11.2.